The van der Waals surface area contributed by atoms with E-state index in [1.807, 2.05) is 0 Å². The molecular formula is C2H4FO2. The maximum atomic E-state index is 10.6. The first-order chi connectivity index (χ1) is 2.41. The molecule has 0 amide bonds. The van der Waals surface area contributed by atoms with Gasteiger partial charge in [0.25, 0.3) is 0 Å². The van der Waals surface area contributed by atoms with E-state index in [9.17, 15) is 4.39 Å². The van der Waals surface area contributed by atoms with Crippen molar-refractivity contribution in [3.63, 3.8) is 0 Å². The third-order valence-corrected chi connectivity index (χ3v) is 0.160. The molecule has 0 saturated carbocycles. The molecule has 0 aromatic heterocycles. The highest BCUT2D eigenvalue weighted by atomic mass is 19.1. The molecule has 31 valence electrons. The smallest absolute Gasteiger partial charge is 0.191 e. The zero-order chi connectivity index (χ0) is 4.12. The fourth-order valence-corrected chi connectivity index (χ4v) is 0.0315. The van der Waals surface area contributed by atoms with Crippen LogP contribution < -0.4 is 0 Å². The lowest BCUT2D eigenvalue weighted by Crippen LogP contribution is -1.84. The minimum absolute atomic E-state index is 0.781. The SMILES string of the molecule is [O]COCF. The Kier molecular flexibility index (Phi) is 3.73. The first-order valence-electron chi connectivity index (χ1n) is 1.13. The lowest BCUT2D eigenvalue weighted by Gasteiger charge is -1.80. The number of halogens is 1. The molecule has 0 fully saturated rings. The molecule has 2 nitrogen and oxygen atoms in total. The van der Waals surface area contributed by atoms with E-state index < -0.39 is 13.7 Å². The molecule has 0 heterocycles. The van der Waals surface area contributed by atoms with E-state index in [2.05, 4.69) is 4.74 Å². The predicted molar refractivity (Wildman–Crippen MR) is 12.6 cm³/mol. The summed E-state index contributed by atoms with van der Waals surface area (Å²) < 4.78 is 14.2. The molecule has 0 aromatic rings. The predicted octanol–water partition coefficient (Wildman–Crippen LogP) is 0.318. The fraction of sp³-hybridized carbons (Fsp3) is 1.00. The molecule has 0 bridgehead atoms. The lowest BCUT2D eigenvalue weighted by atomic mass is 11.4. The molecule has 5 heavy (non-hydrogen) atoms. The Bertz CT molecular complexity index is 15.1. The largest absolute Gasteiger partial charge is 0.321 e. The second-order valence-electron chi connectivity index (χ2n) is 0.431. The van der Waals surface area contributed by atoms with Crippen molar-refractivity contribution < 1.29 is 14.2 Å². The van der Waals surface area contributed by atoms with Crippen molar-refractivity contribution >= 4 is 0 Å². The summed E-state index contributed by atoms with van der Waals surface area (Å²) >= 11 is 0. The molecule has 1 radical (unpaired) electrons. The zero-order valence-electron chi connectivity index (χ0n) is 2.61. The molecular weight excluding hydrogens is 75.0 g/mol. The third kappa shape index (κ3) is 3.85. The first kappa shape index (κ1) is 4.85. The molecule has 0 spiro atoms. The number of ether oxygens (including phenoxy) is 1. The molecule has 0 unspecified atom stereocenters. The lowest BCUT2D eigenvalue weighted by molar-refractivity contribution is -0.0758. The molecule has 0 aliphatic carbocycles. The highest BCUT2D eigenvalue weighted by Gasteiger charge is 1.70. The summed E-state index contributed by atoms with van der Waals surface area (Å²) in [7, 11) is 0. The van der Waals surface area contributed by atoms with Crippen molar-refractivity contribution in [1.82, 2.24) is 0 Å². The Morgan fingerprint density at radius 2 is 2.40 bits per heavy atom. The van der Waals surface area contributed by atoms with E-state index >= 15 is 0 Å². The van der Waals surface area contributed by atoms with Gasteiger partial charge in [0.1, 0.15) is 0 Å². The van der Waals surface area contributed by atoms with Crippen LogP contribution in [0.3, 0.4) is 0 Å². The maximum Gasteiger partial charge on any atom is 0.191 e. The summed E-state index contributed by atoms with van der Waals surface area (Å²) in [6.07, 6.45) is 0. The second kappa shape index (κ2) is 3.85. The van der Waals surface area contributed by atoms with Crippen LogP contribution >= 0.6 is 0 Å². The van der Waals surface area contributed by atoms with Gasteiger partial charge in [-0.15, -0.1) is 0 Å². The number of alkyl halides is 1. The van der Waals surface area contributed by atoms with Crippen LogP contribution in [-0.2, 0) is 9.84 Å². The van der Waals surface area contributed by atoms with Crippen molar-refractivity contribution in [1.29, 1.82) is 0 Å². The van der Waals surface area contributed by atoms with Crippen molar-refractivity contribution in [2.75, 3.05) is 13.7 Å². The Morgan fingerprint density at radius 3 is 2.40 bits per heavy atom. The van der Waals surface area contributed by atoms with Gasteiger partial charge in [0, 0.05) is 0 Å². The van der Waals surface area contributed by atoms with Crippen LogP contribution in [0.5, 0.6) is 0 Å². The first-order valence-corrected chi connectivity index (χ1v) is 1.13. The Labute approximate surface area is 29.2 Å². The van der Waals surface area contributed by atoms with Crippen LogP contribution in [-0.4, -0.2) is 13.7 Å². The summed E-state index contributed by atoms with van der Waals surface area (Å²) in [5.74, 6) is 0. The molecule has 0 aliphatic heterocycles. The monoisotopic (exact) mass is 79.0 g/mol. The molecule has 0 atom stereocenters. The minimum atomic E-state index is -0.969. The summed E-state index contributed by atoms with van der Waals surface area (Å²) in [6.45, 7) is -1.75. The summed E-state index contributed by atoms with van der Waals surface area (Å²) in [5.41, 5.74) is 0. The third-order valence-electron chi connectivity index (χ3n) is 0.160. The summed E-state index contributed by atoms with van der Waals surface area (Å²) in [4.78, 5) is 0. The quantitative estimate of drug-likeness (QED) is 0.438. The van der Waals surface area contributed by atoms with Gasteiger partial charge in [-0.3, -0.25) is 0 Å². The average molecular weight is 79.0 g/mol. The van der Waals surface area contributed by atoms with Gasteiger partial charge in [-0.2, -0.15) is 0 Å². The van der Waals surface area contributed by atoms with Crippen molar-refractivity contribution in [2.45, 2.75) is 0 Å². The Morgan fingerprint density at radius 1 is 1.80 bits per heavy atom. The normalized spacial score (nSPS) is 8.40. The summed E-state index contributed by atoms with van der Waals surface area (Å²) in [5, 5.41) is 9.07. The van der Waals surface area contributed by atoms with E-state index in [4.69, 9.17) is 5.11 Å². The van der Waals surface area contributed by atoms with Crippen LogP contribution in [0.15, 0.2) is 0 Å². The maximum absolute atomic E-state index is 10.6. The Hall–Kier alpha value is -0.150. The van der Waals surface area contributed by atoms with Gasteiger partial charge in [-0.05, 0) is 0 Å². The van der Waals surface area contributed by atoms with E-state index in [-0.39, 0.29) is 0 Å². The molecule has 0 rings (SSSR count). The van der Waals surface area contributed by atoms with Gasteiger partial charge in [0.05, 0.1) is 0 Å². The molecule has 0 aromatic carbocycles. The van der Waals surface area contributed by atoms with Crippen LogP contribution in [0.4, 0.5) is 4.39 Å². The van der Waals surface area contributed by atoms with Crippen LogP contribution in [0, 0.1) is 0 Å². The summed E-state index contributed by atoms with van der Waals surface area (Å²) in [6, 6.07) is 0. The van der Waals surface area contributed by atoms with E-state index in [1.54, 1.807) is 0 Å². The standard InChI is InChI=1S/C2H4FO2/c3-1-5-2-4/h1-2H2. The zero-order valence-corrected chi connectivity index (χ0v) is 2.61. The fourth-order valence-electron chi connectivity index (χ4n) is 0.0315. The highest BCUT2D eigenvalue weighted by molar-refractivity contribution is 3.83. The van der Waals surface area contributed by atoms with Crippen LogP contribution in [0.1, 0.15) is 0 Å². The van der Waals surface area contributed by atoms with Crippen molar-refractivity contribution in [2.24, 2.45) is 0 Å². The van der Waals surface area contributed by atoms with Crippen molar-refractivity contribution in [3.8, 4) is 0 Å². The van der Waals surface area contributed by atoms with Gasteiger partial charge >= 0.3 is 0 Å². The molecule has 3 heteroatoms. The van der Waals surface area contributed by atoms with Gasteiger partial charge < -0.3 is 4.74 Å². The van der Waals surface area contributed by atoms with Gasteiger partial charge in [-0.25, -0.2) is 9.50 Å². The second-order valence-corrected chi connectivity index (χ2v) is 0.431. The van der Waals surface area contributed by atoms with E-state index in [0.717, 1.165) is 0 Å². The van der Waals surface area contributed by atoms with Crippen molar-refractivity contribution in [3.05, 3.63) is 0 Å². The highest BCUT2D eigenvalue weighted by Crippen LogP contribution is 1.66. The van der Waals surface area contributed by atoms with E-state index in [0.29, 0.717) is 0 Å². The number of rotatable bonds is 2. The number of hydrogen-bond acceptors (Lipinski definition) is 1. The van der Waals surface area contributed by atoms with E-state index in [1.165, 1.54) is 0 Å². The molecule has 0 saturated heterocycles. The molecule has 0 aliphatic rings. The molecule has 0 N–H and O–H groups in total. The van der Waals surface area contributed by atoms with Gasteiger partial charge in [0.15, 0.2) is 13.7 Å². The van der Waals surface area contributed by atoms with Gasteiger partial charge in [0.2, 0.25) is 0 Å². The van der Waals surface area contributed by atoms with Crippen LogP contribution in [0.2, 0.25) is 0 Å². The number of hydrogen-bond donors (Lipinski definition) is 0. The average Bonchev–Trinajstić information content (AvgIpc) is 1.41. The van der Waals surface area contributed by atoms with Crippen LogP contribution in [0.25, 0.3) is 0 Å². The minimum Gasteiger partial charge on any atom is -0.321 e. The Balaban J connectivity index is 2.19. The van der Waals surface area contributed by atoms with Gasteiger partial charge in [-0.1, -0.05) is 0 Å². The topological polar surface area (TPSA) is 29.1 Å².